The molecule has 2 unspecified atom stereocenters. The van der Waals surface area contributed by atoms with E-state index in [0.29, 0.717) is 0 Å². The molecule has 1 aromatic rings. The Balaban J connectivity index is 2.27. The maximum absolute atomic E-state index is 10.6. The third-order valence-electron chi connectivity index (χ3n) is 3.94. The minimum absolute atomic E-state index is 0.0930. The van der Waals surface area contributed by atoms with Gasteiger partial charge < -0.3 is 14.3 Å². The van der Waals surface area contributed by atoms with Crippen molar-refractivity contribution < 1.29 is 14.3 Å². The van der Waals surface area contributed by atoms with Gasteiger partial charge in [-0.2, -0.15) is 0 Å². The average Bonchev–Trinajstić information content (AvgIpc) is 2.78. The predicted octanol–water partition coefficient (Wildman–Crippen LogP) is 3.47. The van der Waals surface area contributed by atoms with E-state index in [1.54, 1.807) is 6.26 Å². The van der Waals surface area contributed by atoms with Crippen LogP contribution in [0.1, 0.15) is 58.5 Å². The zero-order chi connectivity index (χ0) is 13.6. The molecule has 0 saturated carbocycles. The molecule has 102 valence electrons. The fourth-order valence-corrected chi connectivity index (χ4v) is 3.21. The third kappa shape index (κ3) is 2.34. The molecule has 2 rings (SSSR count). The Bertz CT molecular complexity index is 417. The molecule has 0 radical (unpaired) electrons. The molecule has 18 heavy (non-hydrogen) atoms. The number of aliphatic hydroxyl groups is 1. The van der Waals surface area contributed by atoms with Crippen LogP contribution in [0.5, 0.6) is 0 Å². The maximum Gasteiger partial charge on any atom is 0.109 e. The molecule has 3 heteroatoms. The van der Waals surface area contributed by atoms with E-state index in [-0.39, 0.29) is 17.1 Å². The van der Waals surface area contributed by atoms with Crippen molar-refractivity contribution in [1.29, 1.82) is 0 Å². The number of rotatable bonds is 3. The zero-order valence-corrected chi connectivity index (χ0v) is 12.0. The van der Waals surface area contributed by atoms with Crippen LogP contribution in [-0.4, -0.2) is 16.3 Å². The van der Waals surface area contributed by atoms with Gasteiger partial charge in [-0.3, -0.25) is 0 Å². The molecule has 0 aromatic carbocycles. The highest BCUT2D eigenvalue weighted by Gasteiger charge is 2.49. The van der Waals surface area contributed by atoms with Crippen molar-refractivity contribution in [3.63, 3.8) is 0 Å². The van der Waals surface area contributed by atoms with Crippen molar-refractivity contribution in [3.05, 3.63) is 23.7 Å². The zero-order valence-electron chi connectivity index (χ0n) is 12.0. The summed E-state index contributed by atoms with van der Waals surface area (Å²) >= 11 is 0. The van der Waals surface area contributed by atoms with E-state index in [4.69, 9.17) is 9.15 Å². The van der Waals surface area contributed by atoms with Gasteiger partial charge in [-0.05, 0) is 40.2 Å². The van der Waals surface area contributed by atoms with Gasteiger partial charge in [-0.25, -0.2) is 0 Å². The fraction of sp³-hybridized carbons (Fsp3) is 0.733. The van der Waals surface area contributed by atoms with Gasteiger partial charge in [0.15, 0.2) is 0 Å². The highest BCUT2D eigenvalue weighted by Crippen LogP contribution is 2.48. The SMILES string of the molecule is CCc1occc1C(O)C1CC(C)(C)OC1(C)C. The van der Waals surface area contributed by atoms with Crippen molar-refractivity contribution in [3.8, 4) is 0 Å². The number of aryl methyl sites for hydroxylation is 1. The highest BCUT2D eigenvalue weighted by molar-refractivity contribution is 5.22. The standard InChI is InChI=1S/C15H24O3/c1-6-12-10(7-8-17-12)13(16)11-9-14(2,3)18-15(11,4)5/h7-8,11,13,16H,6,9H2,1-5H3. The Morgan fingerprint density at radius 1 is 1.39 bits per heavy atom. The van der Waals surface area contributed by atoms with Crippen molar-refractivity contribution >= 4 is 0 Å². The first-order chi connectivity index (χ1) is 8.27. The van der Waals surface area contributed by atoms with Crippen LogP contribution in [0.15, 0.2) is 16.7 Å². The number of ether oxygens (including phenoxy) is 1. The number of furan rings is 1. The summed E-state index contributed by atoms with van der Waals surface area (Å²) in [6, 6.07) is 1.88. The predicted molar refractivity (Wildman–Crippen MR) is 70.4 cm³/mol. The number of aliphatic hydroxyl groups excluding tert-OH is 1. The summed E-state index contributed by atoms with van der Waals surface area (Å²) in [7, 11) is 0. The van der Waals surface area contributed by atoms with E-state index in [1.165, 1.54) is 0 Å². The Labute approximate surface area is 109 Å². The number of hydrogen-bond donors (Lipinski definition) is 1. The van der Waals surface area contributed by atoms with Crippen LogP contribution in [0.2, 0.25) is 0 Å². The Hall–Kier alpha value is -0.800. The molecular formula is C15H24O3. The van der Waals surface area contributed by atoms with Crippen LogP contribution >= 0.6 is 0 Å². The molecule has 2 heterocycles. The lowest BCUT2D eigenvalue weighted by Gasteiger charge is -2.30. The minimum atomic E-state index is -0.518. The molecule has 2 atom stereocenters. The van der Waals surface area contributed by atoms with Gasteiger partial charge in [0.1, 0.15) is 5.76 Å². The first-order valence-electron chi connectivity index (χ1n) is 6.71. The molecule has 1 N–H and O–H groups in total. The second-order valence-electron chi connectivity index (χ2n) is 6.37. The largest absolute Gasteiger partial charge is 0.469 e. The fourth-order valence-electron chi connectivity index (χ4n) is 3.21. The summed E-state index contributed by atoms with van der Waals surface area (Å²) in [4.78, 5) is 0. The lowest BCUT2D eigenvalue weighted by atomic mass is 9.80. The first-order valence-corrected chi connectivity index (χ1v) is 6.71. The van der Waals surface area contributed by atoms with Gasteiger partial charge in [-0.1, -0.05) is 6.92 Å². The number of hydrogen-bond acceptors (Lipinski definition) is 3. The van der Waals surface area contributed by atoms with Crippen LogP contribution < -0.4 is 0 Å². The highest BCUT2D eigenvalue weighted by atomic mass is 16.5. The van der Waals surface area contributed by atoms with E-state index in [2.05, 4.69) is 27.7 Å². The van der Waals surface area contributed by atoms with Crippen LogP contribution in [0.3, 0.4) is 0 Å². The summed E-state index contributed by atoms with van der Waals surface area (Å²) < 4.78 is 11.5. The lowest BCUT2D eigenvalue weighted by Crippen LogP contribution is -2.32. The lowest BCUT2D eigenvalue weighted by molar-refractivity contribution is -0.0881. The second-order valence-corrected chi connectivity index (χ2v) is 6.37. The molecule has 0 aliphatic carbocycles. The summed E-state index contributed by atoms with van der Waals surface area (Å²) in [5.74, 6) is 0.971. The van der Waals surface area contributed by atoms with Crippen LogP contribution in [0.25, 0.3) is 0 Å². The van der Waals surface area contributed by atoms with Crippen LogP contribution in [0.4, 0.5) is 0 Å². The molecule has 0 spiro atoms. The van der Waals surface area contributed by atoms with Gasteiger partial charge in [0.2, 0.25) is 0 Å². The topological polar surface area (TPSA) is 42.6 Å². The molecule has 1 aromatic heterocycles. The van der Waals surface area contributed by atoms with Gasteiger partial charge in [0, 0.05) is 17.9 Å². The summed E-state index contributed by atoms with van der Waals surface area (Å²) in [5, 5.41) is 10.6. The summed E-state index contributed by atoms with van der Waals surface area (Å²) in [6.07, 6.45) is 2.80. The van der Waals surface area contributed by atoms with E-state index < -0.39 is 6.10 Å². The van der Waals surface area contributed by atoms with Gasteiger partial charge in [0.25, 0.3) is 0 Å². The quantitative estimate of drug-likeness (QED) is 0.895. The van der Waals surface area contributed by atoms with E-state index in [9.17, 15) is 5.11 Å². The monoisotopic (exact) mass is 252 g/mol. The van der Waals surface area contributed by atoms with Crippen molar-refractivity contribution in [2.75, 3.05) is 0 Å². The Kier molecular flexibility index (Phi) is 3.32. The Morgan fingerprint density at radius 3 is 2.56 bits per heavy atom. The van der Waals surface area contributed by atoms with E-state index in [0.717, 1.165) is 24.2 Å². The molecule has 3 nitrogen and oxygen atoms in total. The van der Waals surface area contributed by atoms with Crippen molar-refractivity contribution in [2.45, 2.75) is 64.8 Å². The smallest absolute Gasteiger partial charge is 0.109 e. The first kappa shape index (κ1) is 13.6. The third-order valence-corrected chi connectivity index (χ3v) is 3.94. The van der Waals surface area contributed by atoms with Gasteiger partial charge in [0.05, 0.1) is 23.6 Å². The summed E-state index contributed by atoms with van der Waals surface area (Å²) in [6.45, 7) is 10.3. The van der Waals surface area contributed by atoms with Crippen molar-refractivity contribution in [2.24, 2.45) is 5.92 Å². The van der Waals surface area contributed by atoms with Crippen molar-refractivity contribution in [1.82, 2.24) is 0 Å². The minimum Gasteiger partial charge on any atom is -0.469 e. The molecule has 1 aliphatic rings. The van der Waals surface area contributed by atoms with Gasteiger partial charge in [-0.15, -0.1) is 0 Å². The summed E-state index contributed by atoms with van der Waals surface area (Å²) in [5.41, 5.74) is 0.424. The molecule has 0 bridgehead atoms. The van der Waals surface area contributed by atoms with E-state index in [1.807, 2.05) is 13.0 Å². The van der Waals surface area contributed by atoms with Crippen LogP contribution in [-0.2, 0) is 11.2 Å². The molecular weight excluding hydrogens is 228 g/mol. The second kappa shape index (κ2) is 4.39. The van der Waals surface area contributed by atoms with Gasteiger partial charge >= 0.3 is 0 Å². The normalized spacial score (nSPS) is 27.3. The Morgan fingerprint density at radius 2 is 2.06 bits per heavy atom. The molecule has 1 fully saturated rings. The van der Waals surface area contributed by atoms with Crippen LogP contribution in [0, 0.1) is 5.92 Å². The average molecular weight is 252 g/mol. The molecule has 1 saturated heterocycles. The maximum atomic E-state index is 10.6. The molecule has 0 amide bonds. The molecule has 1 aliphatic heterocycles. The van der Waals surface area contributed by atoms with E-state index >= 15 is 0 Å².